The number of hydrogen-bond donors (Lipinski definition) is 1. The zero-order valence-electron chi connectivity index (χ0n) is 20.7. The Morgan fingerprint density at radius 3 is 2.71 bits per heavy atom. The van der Waals surface area contributed by atoms with E-state index in [-0.39, 0.29) is 17.1 Å². The highest BCUT2D eigenvalue weighted by molar-refractivity contribution is 7.09. The van der Waals surface area contributed by atoms with E-state index in [0.717, 1.165) is 53.7 Å². The molecule has 0 aliphatic rings. The summed E-state index contributed by atoms with van der Waals surface area (Å²) in [5, 5.41) is 16.1. The highest BCUT2D eigenvalue weighted by Crippen LogP contribution is 2.31. The topological polar surface area (TPSA) is 79.7 Å². The molecule has 1 aromatic carbocycles. The maximum Gasteiger partial charge on any atom is 0.252 e. The Morgan fingerprint density at radius 2 is 2.00 bits per heavy atom. The molecule has 3 heterocycles. The van der Waals surface area contributed by atoms with Gasteiger partial charge in [0.2, 0.25) is 0 Å². The SMILES string of the molecule is CCC[C@H](c1nnnn1C(C)(C)CC)N(Cc1cccs1)Cc1cc2cccc(C)c2[nH]c1=O. The third-order valence-electron chi connectivity index (χ3n) is 6.71. The van der Waals surface area contributed by atoms with Crippen molar-refractivity contribution in [2.75, 3.05) is 0 Å². The summed E-state index contributed by atoms with van der Waals surface area (Å²) in [4.78, 5) is 19.9. The van der Waals surface area contributed by atoms with Gasteiger partial charge in [-0.05, 0) is 72.5 Å². The van der Waals surface area contributed by atoms with Crippen molar-refractivity contribution >= 4 is 22.2 Å². The van der Waals surface area contributed by atoms with Crippen molar-refractivity contribution in [3.63, 3.8) is 0 Å². The first-order chi connectivity index (χ1) is 16.3. The molecule has 1 N–H and O–H groups in total. The van der Waals surface area contributed by atoms with Crippen LogP contribution in [0, 0.1) is 6.92 Å². The van der Waals surface area contributed by atoms with Gasteiger partial charge in [-0.2, -0.15) is 0 Å². The lowest BCUT2D eigenvalue weighted by Gasteiger charge is -2.33. The van der Waals surface area contributed by atoms with Crippen LogP contribution in [0.4, 0.5) is 0 Å². The van der Waals surface area contributed by atoms with Crippen LogP contribution >= 0.6 is 11.3 Å². The fourth-order valence-corrected chi connectivity index (χ4v) is 5.10. The zero-order valence-corrected chi connectivity index (χ0v) is 21.5. The van der Waals surface area contributed by atoms with Gasteiger partial charge in [0.15, 0.2) is 5.82 Å². The Hall–Kier alpha value is -2.84. The number of aromatic nitrogens is 5. The number of rotatable bonds is 10. The fourth-order valence-electron chi connectivity index (χ4n) is 4.37. The van der Waals surface area contributed by atoms with Gasteiger partial charge in [0.1, 0.15) is 0 Å². The molecule has 0 spiro atoms. The number of thiophene rings is 1. The molecule has 0 aliphatic heterocycles. The highest BCUT2D eigenvalue weighted by Gasteiger charge is 2.31. The summed E-state index contributed by atoms with van der Waals surface area (Å²) >= 11 is 1.73. The Kier molecular flexibility index (Phi) is 7.28. The number of aromatic amines is 1. The Bertz CT molecular complexity index is 1290. The van der Waals surface area contributed by atoms with E-state index in [1.54, 1.807) is 11.3 Å². The summed E-state index contributed by atoms with van der Waals surface area (Å²) in [5.74, 6) is 0.860. The van der Waals surface area contributed by atoms with Crippen molar-refractivity contribution in [1.82, 2.24) is 30.1 Å². The second kappa shape index (κ2) is 10.2. The fraction of sp³-hybridized carbons (Fsp3) is 0.462. The number of nitrogens with zero attached hydrogens (tertiary/aromatic N) is 5. The van der Waals surface area contributed by atoms with Crippen LogP contribution in [0.3, 0.4) is 0 Å². The lowest BCUT2D eigenvalue weighted by atomic mass is 10.0. The van der Waals surface area contributed by atoms with E-state index < -0.39 is 0 Å². The Balaban J connectivity index is 1.78. The second-order valence-corrected chi connectivity index (χ2v) is 10.6. The number of tetrazole rings is 1. The third-order valence-corrected chi connectivity index (χ3v) is 7.57. The largest absolute Gasteiger partial charge is 0.321 e. The van der Waals surface area contributed by atoms with Gasteiger partial charge in [0.05, 0.1) is 17.1 Å². The lowest BCUT2D eigenvalue weighted by Crippen LogP contribution is -2.36. The summed E-state index contributed by atoms with van der Waals surface area (Å²) in [6.45, 7) is 11.9. The van der Waals surface area contributed by atoms with Crippen molar-refractivity contribution in [1.29, 1.82) is 0 Å². The van der Waals surface area contributed by atoms with E-state index in [1.165, 1.54) is 4.88 Å². The van der Waals surface area contributed by atoms with Crippen molar-refractivity contribution in [3.05, 3.63) is 74.0 Å². The van der Waals surface area contributed by atoms with Gasteiger partial charge in [0.25, 0.3) is 5.56 Å². The minimum absolute atomic E-state index is 0.0134. The molecular formula is C26H34N6OS. The van der Waals surface area contributed by atoms with Crippen molar-refractivity contribution < 1.29 is 0 Å². The summed E-state index contributed by atoms with van der Waals surface area (Å²) in [7, 11) is 0. The van der Waals surface area contributed by atoms with Gasteiger partial charge in [-0.25, -0.2) is 4.68 Å². The number of nitrogens with one attached hydrogen (secondary N) is 1. The summed E-state index contributed by atoms with van der Waals surface area (Å²) in [6.07, 6.45) is 2.80. The van der Waals surface area contributed by atoms with Gasteiger partial charge in [0, 0.05) is 23.5 Å². The second-order valence-electron chi connectivity index (χ2n) is 9.57. The van der Waals surface area contributed by atoms with Crippen LogP contribution in [-0.4, -0.2) is 30.1 Å². The lowest BCUT2D eigenvalue weighted by molar-refractivity contribution is 0.147. The number of hydrogen-bond acceptors (Lipinski definition) is 6. The predicted molar refractivity (Wildman–Crippen MR) is 138 cm³/mol. The molecule has 8 heteroatoms. The predicted octanol–water partition coefficient (Wildman–Crippen LogP) is 5.57. The van der Waals surface area contributed by atoms with Crippen LogP contribution in [0.5, 0.6) is 0 Å². The van der Waals surface area contributed by atoms with E-state index in [1.807, 2.05) is 29.8 Å². The molecule has 0 bridgehead atoms. The normalized spacial score (nSPS) is 13.1. The summed E-state index contributed by atoms with van der Waals surface area (Å²) < 4.78 is 1.97. The molecule has 0 amide bonds. The molecule has 4 rings (SSSR count). The molecule has 3 aromatic heterocycles. The summed E-state index contributed by atoms with van der Waals surface area (Å²) in [5.41, 5.74) is 2.49. The molecule has 0 saturated heterocycles. The molecule has 180 valence electrons. The molecular weight excluding hydrogens is 444 g/mol. The zero-order chi connectivity index (χ0) is 24.3. The van der Waals surface area contributed by atoms with E-state index in [2.05, 4.69) is 76.7 Å². The number of benzene rings is 1. The Morgan fingerprint density at radius 1 is 1.18 bits per heavy atom. The third kappa shape index (κ3) is 4.98. The maximum absolute atomic E-state index is 13.1. The Labute approximate surface area is 204 Å². The molecule has 0 fully saturated rings. The first-order valence-electron chi connectivity index (χ1n) is 12.0. The average Bonchev–Trinajstić information content (AvgIpc) is 3.51. The molecule has 0 radical (unpaired) electrons. The molecule has 4 aromatic rings. The van der Waals surface area contributed by atoms with Gasteiger partial charge in [-0.3, -0.25) is 9.69 Å². The number of fused-ring (bicyclic) bond motifs is 1. The molecule has 7 nitrogen and oxygen atoms in total. The van der Waals surface area contributed by atoms with E-state index in [0.29, 0.717) is 6.54 Å². The van der Waals surface area contributed by atoms with Crippen molar-refractivity contribution in [2.24, 2.45) is 0 Å². The number of H-pyrrole nitrogens is 1. The van der Waals surface area contributed by atoms with E-state index in [9.17, 15) is 4.79 Å². The van der Waals surface area contributed by atoms with Crippen molar-refractivity contribution in [2.45, 2.75) is 78.6 Å². The first kappa shape index (κ1) is 24.3. The molecule has 0 saturated carbocycles. The number of para-hydroxylation sites is 1. The van der Waals surface area contributed by atoms with Gasteiger partial charge >= 0.3 is 0 Å². The van der Waals surface area contributed by atoms with Crippen LogP contribution in [0.25, 0.3) is 10.9 Å². The molecule has 34 heavy (non-hydrogen) atoms. The van der Waals surface area contributed by atoms with E-state index >= 15 is 0 Å². The molecule has 0 unspecified atom stereocenters. The van der Waals surface area contributed by atoms with Crippen LogP contribution in [0.15, 0.2) is 46.6 Å². The summed E-state index contributed by atoms with van der Waals surface area (Å²) in [6, 6.07) is 12.3. The van der Waals surface area contributed by atoms with Crippen LogP contribution in [0.1, 0.15) is 74.8 Å². The number of aryl methyl sites for hydroxylation is 1. The minimum Gasteiger partial charge on any atom is -0.321 e. The quantitative estimate of drug-likeness (QED) is 0.322. The van der Waals surface area contributed by atoms with Gasteiger partial charge in [-0.15, -0.1) is 16.4 Å². The van der Waals surface area contributed by atoms with Gasteiger partial charge in [-0.1, -0.05) is 44.5 Å². The van der Waals surface area contributed by atoms with Crippen LogP contribution in [0.2, 0.25) is 0 Å². The van der Waals surface area contributed by atoms with Crippen LogP contribution < -0.4 is 5.56 Å². The average molecular weight is 479 g/mol. The van der Waals surface area contributed by atoms with Crippen LogP contribution in [-0.2, 0) is 18.6 Å². The monoisotopic (exact) mass is 478 g/mol. The standard InChI is InChI=1S/C26H34N6OS/c1-6-10-22(24-28-29-30-32(24)26(4,5)7-2)31(17-21-13-9-14-34-21)16-20-15-19-12-8-11-18(3)23(19)27-25(20)33/h8-9,11-15,22H,6-7,10,16-17H2,1-5H3,(H,27,33)/t22-/m1/s1. The highest BCUT2D eigenvalue weighted by atomic mass is 32.1. The van der Waals surface area contributed by atoms with Crippen molar-refractivity contribution in [3.8, 4) is 0 Å². The molecule has 1 atom stereocenters. The smallest absolute Gasteiger partial charge is 0.252 e. The maximum atomic E-state index is 13.1. The number of pyridine rings is 1. The van der Waals surface area contributed by atoms with Gasteiger partial charge < -0.3 is 4.98 Å². The first-order valence-corrected chi connectivity index (χ1v) is 12.9. The minimum atomic E-state index is -0.197. The molecule has 0 aliphatic carbocycles. The van der Waals surface area contributed by atoms with E-state index in [4.69, 9.17) is 0 Å².